The Bertz CT molecular complexity index is 182. The van der Waals surface area contributed by atoms with Crippen LogP contribution >= 0.6 is 0 Å². The van der Waals surface area contributed by atoms with Crippen molar-refractivity contribution in [3.8, 4) is 0 Å². The largest absolute Gasteiger partial charge is 0.467 e. The van der Waals surface area contributed by atoms with Crippen LogP contribution in [0.4, 0.5) is 0 Å². The summed E-state index contributed by atoms with van der Waals surface area (Å²) in [7, 11) is 2.53. The Kier molecular flexibility index (Phi) is 5.82. The number of nitrogens with one attached hydrogen (secondary N) is 1. The van der Waals surface area contributed by atoms with Crippen LogP contribution in [0.1, 0.15) is 0 Å². The molecule has 2 N–H and O–H groups in total. The van der Waals surface area contributed by atoms with E-state index in [0.29, 0.717) is 0 Å². The number of hydrogen-bond donors (Lipinski definition) is 2. The van der Waals surface area contributed by atoms with E-state index in [1.807, 2.05) is 0 Å². The summed E-state index contributed by atoms with van der Waals surface area (Å²) in [6.07, 6.45) is 0. The Morgan fingerprint density at radius 3 is 2.46 bits per heavy atom. The fourth-order valence-corrected chi connectivity index (χ4v) is 0.688. The van der Waals surface area contributed by atoms with Crippen molar-refractivity contribution in [2.75, 3.05) is 27.4 Å². The molecule has 0 aliphatic carbocycles. The van der Waals surface area contributed by atoms with Crippen LogP contribution < -0.4 is 5.32 Å². The van der Waals surface area contributed by atoms with Crippen molar-refractivity contribution in [2.24, 2.45) is 0 Å². The van der Waals surface area contributed by atoms with Gasteiger partial charge in [0.15, 0.2) is 6.04 Å². The molecule has 13 heavy (non-hydrogen) atoms. The molecule has 0 saturated carbocycles. The maximum absolute atomic E-state index is 10.9. The van der Waals surface area contributed by atoms with E-state index >= 15 is 0 Å². The number of hydrogen-bond acceptors (Lipinski definition) is 5. The number of ether oxygens (including phenoxy) is 2. The Balaban J connectivity index is 3.97. The molecule has 0 saturated heterocycles. The fraction of sp³-hybridized carbons (Fsp3) is 0.714. The molecule has 0 bridgehead atoms. The van der Waals surface area contributed by atoms with Gasteiger partial charge in [-0.25, -0.2) is 4.79 Å². The minimum atomic E-state index is -1.02. The summed E-state index contributed by atoms with van der Waals surface area (Å²) in [5.41, 5.74) is 0. The number of esters is 1. The molecule has 0 heterocycles. The maximum atomic E-state index is 10.9. The first-order valence-electron chi connectivity index (χ1n) is 3.62. The third kappa shape index (κ3) is 4.44. The molecule has 1 amide bonds. The van der Waals surface area contributed by atoms with Crippen LogP contribution in [0.5, 0.6) is 0 Å². The summed E-state index contributed by atoms with van der Waals surface area (Å²) in [5, 5.41) is 10.9. The minimum Gasteiger partial charge on any atom is -0.467 e. The minimum absolute atomic E-state index is 0.159. The Labute approximate surface area is 75.8 Å². The number of aliphatic hydroxyl groups excluding tert-OH is 1. The van der Waals surface area contributed by atoms with Crippen LogP contribution in [0.25, 0.3) is 0 Å². The van der Waals surface area contributed by atoms with E-state index in [-0.39, 0.29) is 6.61 Å². The zero-order chi connectivity index (χ0) is 10.3. The number of methoxy groups -OCH3 is 2. The van der Waals surface area contributed by atoms with Crippen LogP contribution in [0.3, 0.4) is 0 Å². The second-order valence-corrected chi connectivity index (χ2v) is 2.26. The van der Waals surface area contributed by atoms with Gasteiger partial charge in [-0.15, -0.1) is 0 Å². The van der Waals surface area contributed by atoms with Gasteiger partial charge >= 0.3 is 5.97 Å². The second-order valence-electron chi connectivity index (χ2n) is 2.26. The zero-order valence-corrected chi connectivity index (χ0v) is 7.57. The molecule has 0 radical (unpaired) electrons. The van der Waals surface area contributed by atoms with Gasteiger partial charge in [-0.3, -0.25) is 4.79 Å². The smallest absolute Gasteiger partial charge is 0.330 e. The van der Waals surface area contributed by atoms with Gasteiger partial charge in [0, 0.05) is 7.11 Å². The average molecular weight is 191 g/mol. The lowest BCUT2D eigenvalue weighted by Crippen LogP contribution is -2.45. The number of rotatable bonds is 5. The lowest BCUT2D eigenvalue weighted by Gasteiger charge is -2.12. The molecule has 0 aromatic carbocycles. The van der Waals surface area contributed by atoms with E-state index in [1.165, 1.54) is 14.2 Å². The van der Waals surface area contributed by atoms with Gasteiger partial charge in [0.2, 0.25) is 5.91 Å². The standard InChI is InChI=1S/C7H13NO5/c1-12-4-6(10)8-5(3-9)7(11)13-2/h5,9H,3-4H2,1-2H3,(H,8,10). The highest BCUT2D eigenvalue weighted by atomic mass is 16.5. The fourth-order valence-electron chi connectivity index (χ4n) is 0.688. The lowest BCUT2D eigenvalue weighted by atomic mass is 10.3. The summed E-state index contributed by atoms with van der Waals surface area (Å²) < 4.78 is 8.84. The molecular weight excluding hydrogens is 178 g/mol. The maximum Gasteiger partial charge on any atom is 0.330 e. The van der Waals surface area contributed by atoms with E-state index < -0.39 is 24.5 Å². The molecule has 0 fully saturated rings. The van der Waals surface area contributed by atoms with Gasteiger partial charge in [0.05, 0.1) is 13.7 Å². The summed E-state index contributed by atoms with van der Waals surface area (Å²) in [5.74, 6) is -1.17. The summed E-state index contributed by atoms with van der Waals surface area (Å²) in [6.45, 7) is -0.657. The van der Waals surface area contributed by atoms with E-state index in [0.717, 1.165) is 0 Å². The van der Waals surface area contributed by atoms with Gasteiger partial charge in [0.1, 0.15) is 6.61 Å². The van der Waals surface area contributed by atoms with E-state index in [9.17, 15) is 9.59 Å². The Hall–Kier alpha value is -1.14. The van der Waals surface area contributed by atoms with Crippen molar-refractivity contribution >= 4 is 11.9 Å². The van der Waals surface area contributed by atoms with Crippen LogP contribution in [-0.4, -0.2) is 50.5 Å². The highest BCUT2D eigenvalue weighted by molar-refractivity contribution is 5.85. The zero-order valence-electron chi connectivity index (χ0n) is 7.57. The van der Waals surface area contributed by atoms with Crippen LogP contribution in [0, 0.1) is 0 Å². The van der Waals surface area contributed by atoms with Gasteiger partial charge in [-0.05, 0) is 0 Å². The third-order valence-electron chi connectivity index (χ3n) is 1.28. The molecule has 0 aliphatic rings. The van der Waals surface area contributed by atoms with Crippen molar-refractivity contribution in [2.45, 2.75) is 6.04 Å². The first-order valence-corrected chi connectivity index (χ1v) is 3.62. The number of amides is 1. The van der Waals surface area contributed by atoms with Crippen molar-refractivity contribution in [3.05, 3.63) is 0 Å². The highest BCUT2D eigenvalue weighted by Gasteiger charge is 2.19. The molecule has 6 nitrogen and oxygen atoms in total. The van der Waals surface area contributed by atoms with Gasteiger partial charge in [0.25, 0.3) is 0 Å². The lowest BCUT2D eigenvalue weighted by molar-refractivity contribution is -0.146. The molecule has 0 aliphatic heterocycles. The van der Waals surface area contributed by atoms with Crippen molar-refractivity contribution in [1.82, 2.24) is 5.32 Å². The predicted molar refractivity (Wildman–Crippen MR) is 42.9 cm³/mol. The summed E-state index contributed by atoms with van der Waals surface area (Å²) in [6, 6.07) is -1.02. The van der Waals surface area contributed by atoms with Crippen molar-refractivity contribution in [3.63, 3.8) is 0 Å². The van der Waals surface area contributed by atoms with E-state index in [2.05, 4.69) is 14.8 Å². The molecule has 0 rings (SSSR count). The van der Waals surface area contributed by atoms with E-state index in [4.69, 9.17) is 5.11 Å². The normalized spacial score (nSPS) is 11.9. The van der Waals surface area contributed by atoms with Crippen molar-refractivity contribution < 1.29 is 24.2 Å². The average Bonchev–Trinajstić information content (AvgIpc) is 2.13. The Morgan fingerprint density at radius 1 is 1.46 bits per heavy atom. The summed E-state index contributed by atoms with van der Waals surface area (Å²) in [4.78, 5) is 21.7. The first-order chi connectivity index (χ1) is 6.15. The van der Waals surface area contributed by atoms with Crippen LogP contribution in [-0.2, 0) is 19.1 Å². The molecule has 0 aromatic heterocycles. The summed E-state index contributed by atoms with van der Waals surface area (Å²) >= 11 is 0. The third-order valence-corrected chi connectivity index (χ3v) is 1.28. The van der Waals surface area contributed by atoms with Gasteiger partial charge < -0.3 is 19.9 Å². The SMILES string of the molecule is COCC(=O)NC(CO)C(=O)OC. The topological polar surface area (TPSA) is 84.9 Å². The molecule has 0 aromatic rings. The van der Waals surface area contributed by atoms with E-state index in [1.54, 1.807) is 0 Å². The number of carbonyl (C=O) groups is 2. The number of carbonyl (C=O) groups excluding carboxylic acids is 2. The van der Waals surface area contributed by atoms with Gasteiger partial charge in [-0.1, -0.05) is 0 Å². The predicted octanol–water partition coefficient (Wildman–Crippen LogP) is -1.72. The monoisotopic (exact) mass is 191 g/mol. The molecule has 0 spiro atoms. The molecule has 1 unspecified atom stereocenters. The highest BCUT2D eigenvalue weighted by Crippen LogP contribution is 1.86. The second kappa shape index (κ2) is 6.38. The first kappa shape index (κ1) is 11.9. The molecule has 76 valence electrons. The number of aliphatic hydroxyl groups is 1. The van der Waals surface area contributed by atoms with Gasteiger partial charge in [-0.2, -0.15) is 0 Å². The van der Waals surface area contributed by atoms with Crippen LogP contribution in [0.15, 0.2) is 0 Å². The Morgan fingerprint density at radius 2 is 2.08 bits per heavy atom. The molecule has 6 heteroatoms. The molecule has 1 atom stereocenters. The quantitative estimate of drug-likeness (QED) is 0.505. The van der Waals surface area contributed by atoms with Crippen molar-refractivity contribution in [1.29, 1.82) is 0 Å². The molecular formula is C7H13NO5. The van der Waals surface area contributed by atoms with Crippen LogP contribution in [0.2, 0.25) is 0 Å².